The molecule has 170 valence electrons. The van der Waals surface area contributed by atoms with Crippen molar-refractivity contribution in [1.29, 1.82) is 0 Å². The van der Waals surface area contributed by atoms with Crippen molar-refractivity contribution in [3.63, 3.8) is 0 Å². The molecule has 0 aromatic heterocycles. The van der Waals surface area contributed by atoms with Crippen molar-refractivity contribution in [3.05, 3.63) is 59.2 Å². The van der Waals surface area contributed by atoms with Gasteiger partial charge in [0.2, 0.25) is 5.91 Å². The zero-order valence-corrected chi connectivity index (χ0v) is 20.0. The van der Waals surface area contributed by atoms with Crippen molar-refractivity contribution in [1.82, 2.24) is 10.2 Å². The van der Waals surface area contributed by atoms with Gasteiger partial charge in [-0.3, -0.25) is 9.59 Å². The van der Waals surface area contributed by atoms with Crippen LogP contribution in [0.15, 0.2) is 42.5 Å². The van der Waals surface area contributed by atoms with E-state index in [1.165, 1.54) is 12.7 Å². The van der Waals surface area contributed by atoms with Crippen LogP contribution in [0.3, 0.4) is 0 Å². The largest absolute Gasteiger partial charge is 0.493 e. The molecule has 2 aliphatic rings. The highest BCUT2D eigenvalue weighted by atomic mass is 32.2. The Bertz CT molecular complexity index is 1020. The van der Waals surface area contributed by atoms with Gasteiger partial charge in [0.1, 0.15) is 11.4 Å². The number of hydrogen-bond acceptors (Lipinski definition) is 5. The standard InChI is InChI=1S/C25H30N2O4S/c1-15(11-12-16-9-7-6-8-10-16)26-22(28)21-25(2,3)32-24-17-13-14-18(30-4)20(31-5)19(17)23(29)27(21)24/h6-10,13-15,21,24H,11-12H2,1-5H3,(H,26,28)/t15-,21-,24+/m0/s1. The Labute approximate surface area is 193 Å². The summed E-state index contributed by atoms with van der Waals surface area (Å²) in [6, 6.07) is 13.4. The molecule has 2 heterocycles. The first-order valence-electron chi connectivity index (χ1n) is 10.9. The minimum Gasteiger partial charge on any atom is -0.493 e. The number of fused-ring (bicyclic) bond motifs is 3. The minimum absolute atomic E-state index is 0.00253. The number of amides is 2. The van der Waals surface area contributed by atoms with Crippen molar-refractivity contribution in [3.8, 4) is 11.5 Å². The van der Waals surface area contributed by atoms with Crippen LogP contribution in [0.25, 0.3) is 0 Å². The van der Waals surface area contributed by atoms with Crippen LogP contribution in [0.4, 0.5) is 0 Å². The summed E-state index contributed by atoms with van der Waals surface area (Å²) in [7, 11) is 3.08. The van der Waals surface area contributed by atoms with E-state index in [0.717, 1.165) is 18.4 Å². The number of aryl methyl sites for hydroxylation is 1. The molecule has 0 bridgehead atoms. The third kappa shape index (κ3) is 3.83. The van der Waals surface area contributed by atoms with Gasteiger partial charge in [-0.2, -0.15) is 0 Å². The van der Waals surface area contributed by atoms with Crippen LogP contribution in [-0.2, 0) is 11.2 Å². The molecule has 3 atom stereocenters. The lowest BCUT2D eigenvalue weighted by Crippen LogP contribution is -2.54. The first kappa shape index (κ1) is 22.5. The predicted octanol–water partition coefficient (Wildman–Crippen LogP) is 4.19. The lowest BCUT2D eigenvalue weighted by molar-refractivity contribution is -0.126. The molecule has 1 saturated heterocycles. The van der Waals surface area contributed by atoms with Crippen molar-refractivity contribution >= 4 is 23.6 Å². The minimum atomic E-state index is -0.577. The number of benzene rings is 2. The van der Waals surface area contributed by atoms with Gasteiger partial charge in [0.25, 0.3) is 5.91 Å². The van der Waals surface area contributed by atoms with Crippen LogP contribution >= 0.6 is 11.8 Å². The maximum atomic E-state index is 13.5. The van der Waals surface area contributed by atoms with E-state index in [2.05, 4.69) is 17.4 Å². The summed E-state index contributed by atoms with van der Waals surface area (Å²) in [5.41, 5.74) is 2.62. The second kappa shape index (κ2) is 8.70. The maximum absolute atomic E-state index is 13.5. The Kier molecular flexibility index (Phi) is 6.12. The SMILES string of the molecule is COc1ccc2c(c1OC)C(=O)N1[C@@H]2SC(C)(C)[C@@H]1C(=O)N[C@@H](C)CCc1ccccc1. The fourth-order valence-electron chi connectivity index (χ4n) is 4.68. The van der Waals surface area contributed by atoms with Crippen LogP contribution in [0.1, 0.15) is 54.1 Å². The predicted molar refractivity (Wildman–Crippen MR) is 126 cm³/mol. The first-order chi connectivity index (χ1) is 15.3. The lowest BCUT2D eigenvalue weighted by atomic mass is 9.99. The second-order valence-electron chi connectivity index (χ2n) is 8.89. The van der Waals surface area contributed by atoms with Gasteiger partial charge >= 0.3 is 0 Å². The van der Waals surface area contributed by atoms with Gasteiger partial charge in [-0.25, -0.2) is 0 Å². The van der Waals surface area contributed by atoms with Crippen LogP contribution in [0.5, 0.6) is 11.5 Å². The van der Waals surface area contributed by atoms with Gasteiger partial charge in [0.15, 0.2) is 11.5 Å². The number of nitrogens with one attached hydrogen (secondary N) is 1. The third-order valence-electron chi connectivity index (χ3n) is 6.24. The molecule has 2 aromatic carbocycles. The molecule has 1 fully saturated rings. The highest BCUT2D eigenvalue weighted by molar-refractivity contribution is 8.01. The molecule has 2 amide bonds. The quantitative estimate of drug-likeness (QED) is 0.680. The molecule has 0 spiro atoms. The Hall–Kier alpha value is -2.67. The van der Waals surface area contributed by atoms with Gasteiger partial charge in [-0.05, 0) is 45.2 Å². The molecule has 32 heavy (non-hydrogen) atoms. The summed E-state index contributed by atoms with van der Waals surface area (Å²) < 4.78 is 10.5. The molecule has 4 rings (SSSR count). The number of hydrogen-bond donors (Lipinski definition) is 1. The van der Waals surface area contributed by atoms with Gasteiger partial charge in [0, 0.05) is 16.4 Å². The normalized spacial score (nSPS) is 21.7. The van der Waals surface area contributed by atoms with Crippen LogP contribution < -0.4 is 14.8 Å². The molecule has 2 aromatic rings. The van der Waals surface area contributed by atoms with Crippen LogP contribution in [0.2, 0.25) is 0 Å². The molecule has 0 saturated carbocycles. The molecular formula is C25H30N2O4S. The smallest absolute Gasteiger partial charge is 0.260 e. The fourth-order valence-corrected chi connectivity index (χ4v) is 6.26. The van der Waals surface area contributed by atoms with Gasteiger partial charge in [0.05, 0.1) is 19.8 Å². The molecule has 7 heteroatoms. The Morgan fingerprint density at radius 2 is 1.88 bits per heavy atom. The lowest BCUT2D eigenvalue weighted by Gasteiger charge is -2.30. The van der Waals surface area contributed by atoms with E-state index < -0.39 is 10.8 Å². The fraction of sp³-hybridized carbons (Fsp3) is 0.440. The number of nitrogens with zero attached hydrogens (tertiary/aromatic N) is 1. The second-order valence-corrected chi connectivity index (χ2v) is 10.6. The molecular weight excluding hydrogens is 424 g/mol. The zero-order valence-electron chi connectivity index (χ0n) is 19.2. The van der Waals surface area contributed by atoms with Crippen LogP contribution in [-0.4, -0.2) is 47.8 Å². The molecule has 1 N–H and O–H groups in total. The monoisotopic (exact) mass is 454 g/mol. The average Bonchev–Trinajstić information content (AvgIpc) is 3.21. The zero-order chi connectivity index (χ0) is 23.0. The first-order valence-corrected chi connectivity index (χ1v) is 11.8. The summed E-state index contributed by atoms with van der Waals surface area (Å²) in [6.07, 6.45) is 1.72. The third-order valence-corrected chi connectivity index (χ3v) is 7.78. The van der Waals surface area contributed by atoms with Gasteiger partial charge in [-0.1, -0.05) is 36.4 Å². The van der Waals surface area contributed by atoms with E-state index in [1.54, 1.807) is 23.8 Å². The Morgan fingerprint density at radius 1 is 1.16 bits per heavy atom. The van der Waals surface area contributed by atoms with E-state index in [1.807, 2.05) is 51.1 Å². The number of rotatable bonds is 7. The number of carbonyl (C=O) groups is 2. The Morgan fingerprint density at radius 3 is 2.53 bits per heavy atom. The topological polar surface area (TPSA) is 67.9 Å². The van der Waals surface area contributed by atoms with E-state index in [9.17, 15) is 9.59 Å². The molecule has 6 nitrogen and oxygen atoms in total. The Balaban J connectivity index is 1.54. The number of carbonyl (C=O) groups excluding carboxylic acids is 2. The van der Waals surface area contributed by atoms with Crippen molar-refractivity contribution in [2.24, 2.45) is 0 Å². The van der Waals surface area contributed by atoms with Crippen molar-refractivity contribution < 1.29 is 19.1 Å². The van der Waals surface area contributed by atoms with E-state index in [0.29, 0.717) is 17.1 Å². The van der Waals surface area contributed by atoms with E-state index in [-0.39, 0.29) is 23.2 Å². The summed E-state index contributed by atoms with van der Waals surface area (Å²) in [5, 5.41) is 2.94. The number of ether oxygens (including phenoxy) is 2. The average molecular weight is 455 g/mol. The summed E-state index contributed by atoms with van der Waals surface area (Å²) >= 11 is 1.64. The van der Waals surface area contributed by atoms with E-state index in [4.69, 9.17) is 9.47 Å². The highest BCUT2D eigenvalue weighted by Gasteiger charge is 2.58. The summed E-state index contributed by atoms with van der Waals surface area (Å²) in [4.78, 5) is 28.7. The highest BCUT2D eigenvalue weighted by Crippen LogP contribution is 2.58. The molecule has 0 radical (unpaired) electrons. The van der Waals surface area contributed by atoms with Crippen molar-refractivity contribution in [2.45, 2.75) is 55.8 Å². The molecule has 0 aliphatic carbocycles. The number of methoxy groups -OCH3 is 2. The van der Waals surface area contributed by atoms with Gasteiger partial charge < -0.3 is 19.7 Å². The number of thioether (sulfide) groups is 1. The van der Waals surface area contributed by atoms with Crippen molar-refractivity contribution in [2.75, 3.05) is 14.2 Å². The summed E-state index contributed by atoms with van der Waals surface area (Å²) in [5.74, 6) is 0.646. The molecule has 0 unspecified atom stereocenters. The van der Waals surface area contributed by atoms with Gasteiger partial charge in [-0.15, -0.1) is 11.8 Å². The van der Waals surface area contributed by atoms with E-state index >= 15 is 0 Å². The maximum Gasteiger partial charge on any atom is 0.260 e. The molecule has 2 aliphatic heterocycles. The van der Waals surface area contributed by atoms with Crippen LogP contribution in [0, 0.1) is 0 Å². The summed E-state index contributed by atoms with van der Waals surface area (Å²) in [6.45, 7) is 6.08.